The second kappa shape index (κ2) is 6.58. The Hall–Kier alpha value is -2.96. The first-order chi connectivity index (χ1) is 13.6. The van der Waals surface area contributed by atoms with Gasteiger partial charge >= 0.3 is 0 Å². The summed E-state index contributed by atoms with van der Waals surface area (Å²) in [5.74, 6) is 0.831. The number of anilines is 1. The number of rotatable bonds is 4. The quantitative estimate of drug-likeness (QED) is 0.643. The number of H-pyrrole nitrogens is 2. The predicted octanol–water partition coefficient (Wildman–Crippen LogP) is 3.87. The normalized spacial score (nSPS) is 18.7. The maximum absolute atomic E-state index is 13.7. The van der Waals surface area contributed by atoms with Crippen molar-refractivity contribution in [3.8, 4) is 11.3 Å². The van der Waals surface area contributed by atoms with E-state index in [1.165, 1.54) is 12.1 Å². The van der Waals surface area contributed by atoms with E-state index < -0.39 is 0 Å². The number of amides is 1. The summed E-state index contributed by atoms with van der Waals surface area (Å²) in [7, 11) is 0. The molecule has 2 aliphatic carbocycles. The molecule has 1 aromatic carbocycles. The third-order valence-electron chi connectivity index (χ3n) is 5.66. The van der Waals surface area contributed by atoms with Crippen LogP contribution in [0.15, 0.2) is 24.3 Å². The number of fused-ring (bicyclic) bond motifs is 1. The third-order valence-corrected chi connectivity index (χ3v) is 5.66. The molecule has 0 saturated heterocycles. The number of hydrogen-bond acceptors (Lipinski definition) is 3. The smallest absolute Gasteiger partial charge is 0.227 e. The summed E-state index contributed by atoms with van der Waals surface area (Å²) < 4.78 is 13.7. The Balaban J connectivity index is 1.43. The van der Waals surface area contributed by atoms with Crippen LogP contribution in [-0.4, -0.2) is 26.1 Å². The maximum Gasteiger partial charge on any atom is 0.227 e. The molecule has 28 heavy (non-hydrogen) atoms. The molecule has 1 unspecified atom stereocenters. The molecule has 3 N–H and O–H groups in total. The molecule has 5 rings (SSSR count). The molecule has 6 nitrogen and oxygen atoms in total. The van der Waals surface area contributed by atoms with Crippen LogP contribution in [-0.2, 0) is 17.6 Å². The Morgan fingerprint density at radius 3 is 2.93 bits per heavy atom. The van der Waals surface area contributed by atoms with Gasteiger partial charge in [0, 0.05) is 29.5 Å². The van der Waals surface area contributed by atoms with Crippen molar-refractivity contribution >= 4 is 11.6 Å². The SMILES string of the molecule is Cc1nc2c([nH]1)CC(C(=O)Nc1c(-c3cccc(F)c3)n[nH]c1C1CC1)CC2. The highest BCUT2D eigenvalue weighted by molar-refractivity contribution is 5.97. The highest BCUT2D eigenvalue weighted by Crippen LogP contribution is 2.45. The molecule has 1 atom stereocenters. The molecule has 1 amide bonds. The zero-order valence-corrected chi connectivity index (χ0v) is 15.7. The fourth-order valence-corrected chi connectivity index (χ4v) is 4.07. The van der Waals surface area contributed by atoms with Crippen molar-refractivity contribution in [1.29, 1.82) is 0 Å². The maximum atomic E-state index is 13.7. The molecule has 0 aliphatic heterocycles. The van der Waals surface area contributed by atoms with Gasteiger partial charge in [-0.25, -0.2) is 9.37 Å². The zero-order chi connectivity index (χ0) is 19.3. The average molecular weight is 379 g/mol. The number of benzene rings is 1. The monoisotopic (exact) mass is 379 g/mol. The Labute approximate surface area is 162 Å². The van der Waals surface area contributed by atoms with Crippen LogP contribution in [0.25, 0.3) is 11.3 Å². The molecule has 1 saturated carbocycles. The minimum Gasteiger partial charge on any atom is -0.346 e. The highest BCUT2D eigenvalue weighted by atomic mass is 19.1. The molecule has 0 bridgehead atoms. The molecule has 0 radical (unpaired) electrons. The summed E-state index contributed by atoms with van der Waals surface area (Å²) in [6.07, 6.45) is 4.39. The predicted molar refractivity (Wildman–Crippen MR) is 103 cm³/mol. The van der Waals surface area contributed by atoms with Gasteiger partial charge in [-0.3, -0.25) is 9.89 Å². The average Bonchev–Trinajstić information content (AvgIpc) is 3.32. The summed E-state index contributed by atoms with van der Waals surface area (Å²) >= 11 is 0. The van der Waals surface area contributed by atoms with Gasteiger partial charge < -0.3 is 10.3 Å². The Bertz CT molecular complexity index is 1050. The van der Waals surface area contributed by atoms with Crippen molar-refractivity contribution in [1.82, 2.24) is 20.2 Å². The fourth-order valence-electron chi connectivity index (χ4n) is 4.07. The summed E-state index contributed by atoms with van der Waals surface area (Å²) in [6.45, 7) is 1.94. The lowest BCUT2D eigenvalue weighted by atomic mass is 9.89. The first kappa shape index (κ1) is 17.2. The van der Waals surface area contributed by atoms with Crippen LogP contribution in [0.2, 0.25) is 0 Å². The Kier molecular flexibility index (Phi) is 4.03. The first-order valence-corrected chi connectivity index (χ1v) is 9.78. The van der Waals surface area contributed by atoms with Crippen LogP contribution in [0.4, 0.5) is 10.1 Å². The summed E-state index contributed by atoms with van der Waals surface area (Å²) in [6, 6.07) is 6.32. The molecule has 1 fully saturated rings. The van der Waals surface area contributed by atoms with E-state index in [2.05, 4.69) is 25.5 Å². The number of hydrogen-bond donors (Lipinski definition) is 3. The number of imidazole rings is 1. The molecule has 3 aromatic rings. The fraction of sp³-hybridized carbons (Fsp3) is 0.381. The van der Waals surface area contributed by atoms with E-state index in [9.17, 15) is 9.18 Å². The van der Waals surface area contributed by atoms with Crippen molar-refractivity contribution in [3.05, 3.63) is 53.0 Å². The van der Waals surface area contributed by atoms with Gasteiger partial charge in [0.25, 0.3) is 0 Å². The molecular weight excluding hydrogens is 357 g/mol. The van der Waals surface area contributed by atoms with Crippen LogP contribution in [0.1, 0.15) is 48.1 Å². The second-order valence-corrected chi connectivity index (χ2v) is 7.82. The van der Waals surface area contributed by atoms with Gasteiger partial charge in [-0.1, -0.05) is 12.1 Å². The number of aromatic amines is 2. The Morgan fingerprint density at radius 2 is 2.14 bits per heavy atom. The Morgan fingerprint density at radius 1 is 1.29 bits per heavy atom. The molecule has 144 valence electrons. The zero-order valence-electron chi connectivity index (χ0n) is 15.7. The van der Waals surface area contributed by atoms with Crippen molar-refractivity contribution < 1.29 is 9.18 Å². The molecule has 0 spiro atoms. The number of aryl methyl sites for hydroxylation is 2. The van der Waals surface area contributed by atoms with Gasteiger partial charge in [-0.15, -0.1) is 0 Å². The van der Waals surface area contributed by atoms with Gasteiger partial charge in [-0.05, 0) is 44.7 Å². The van der Waals surface area contributed by atoms with Crippen molar-refractivity contribution in [3.63, 3.8) is 0 Å². The van der Waals surface area contributed by atoms with Gasteiger partial charge in [0.15, 0.2) is 0 Å². The molecule has 7 heteroatoms. The van der Waals surface area contributed by atoms with Gasteiger partial charge in [0.2, 0.25) is 5.91 Å². The van der Waals surface area contributed by atoms with Crippen LogP contribution >= 0.6 is 0 Å². The van der Waals surface area contributed by atoms with Crippen molar-refractivity contribution in [2.45, 2.75) is 44.9 Å². The molecule has 2 aromatic heterocycles. The number of aromatic nitrogens is 4. The number of halogens is 1. The van der Waals surface area contributed by atoms with Gasteiger partial charge in [0.05, 0.1) is 17.1 Å². The van der Waals surface area contributed by atoms with Crippen LogP contribution in [0.3, 0.4) is 0 Å². The largest absolute Gasteiger partial charge is 0.346 e. The van der Waals surface area contributed by atoms with Gasteiger partial charge in [0.1, 0.15) is 17.3 Å². The lowest BCUT2D eigenvalue weighted by molar-refractivity contribution is -0.120. The molecule has 2 heterocycles. The minimum absolute atomic E-state index is 0.0149. The number of carbonyl (C=O) groups excluding carboxylic acids is 1. The lowest BCUT2D eigenvalue weighted by Crippen LogP contribution is -2.28. The number of nitrogens with one attached hydrogen (secondary N) is 3. The minimum atomic E-state index is -0.319. The highest BCUT2D eigenvalue weighted by Gasteiger charge is 2.33. The number of nitrogens with zero attached hydrogens (tertiary/aromatic N) is 2. The summed E-state index contributed by atoms with van der Waals surface area (Å²) in [4.78, 5) is 20.8. The van der Waals surface area contributed by atoms with Gasteiger partial charge in [-0.2, -0.15) is 5.10 Å². The topological polar surface area (TPSA) is 86.5 Å². The van der Waals surface area contributed by atoms with E-state index in [4.69, 9.17) is 0 Å². The van der Waals surface area contributed by atoms with Crippen LogP contribution in [0.5, 0.6) is 0 Å². The third kappa shape index (κ3) is 3.10. The van der Waals surface area contributed by atoms with Crippen LogP contribution < -0.4 is 5.32 Å². The molecule has 2 aliphatic rings. The molecular formula is C21H22FN5O. The standard InChI is InChI=1S/C21H22FN5O/c1-11-23-16-8-7-14(10-17(16)24-11)21(28)25-20-18(12-5-6-12)26-27-19(20)13-3-2-4-15(22)9-13/h2-4,9,12,14H,5-8,10H2,1H3,(H,23,24)(H,25,28)(H,26,27). The summed E-state index contributed by atoms with van der Waals surface area (Å²) in [5, 5.41) is 10.6. The van der Waals surface area contributed by atoms with Crippen molar-refractivity contribution in [2.24, 2.45) is 5.92 Å². The summed E-state index contributed by atoms with van der Waals surface area (Å²) in [5.41, 5.74) is 5.04. The van der Waals surface area contributed by atoms with Crippen LogP contribution in [0, 0.1) is 18.7 Å². The van der Waals surface area contributed by atoms with E-state index in [0.29, 0.717) is 29.3 Å². The first-order valence-electron chi connectivity index (χ1n) is 9.78. The van der Waals surface area contributed by atoms with E-state index in [1.54, 1.807) is 6.07 Å². The van der Waals surface area contributed by atoms with E-state index in [-0.39, 0.29) is 17.6 Å². The van der Waals surface area contributed by atoms with Crippen molar-refractivity contribution in [2.75, 3.05) is 5.32 Å². The van der Waals surface area contributed by atoms with E-state index in [1.807, 2.05) is 13.0 Å². The van der Waals surface area contributed by atoms with E-state index >= 15 is 0 Å². The second-order valence-electron chi connectivity index (χ2n) is 7.82. The lowest BCUT2D eigenvalue weighted by Gasteiger charge is -2.21. The van der Waals surface area contributed by atoms with E-state index in [0.717, 1.165) is 48.6 Å². The number of carbonyl (C=O) groups is 1.